The van der Waals surface area contributed by atoms with E-state index in [2.05, 4.69) is 0 Å². The summed E-state index contributed by atoms with van der Waals surface area (Å²) in [6.45, 7) is 0. The third-order valence-electron chi connectivity index (χ3n) is 3.74. The van der Waals surface area contributed by atoms with E-state index in [0.717, 1.165) is 16.9 Å². The van der Waals surface area contributed by atoms with Crippen LogP contribution in [0.2, 0.25) is 0 Å². The molecule has 0 spiro atoms. The standard InChI is InChI=1S/C17H17F2NO/c18-13-3-1-11(2-4-13)7-15(20)10-16-9-12-8-14(19)5-6-17(12)21-16/h1-6,8,15-16H,7,9-10,20H2. The number of nitrogens with two attached hydrogens (primary N) is 1. The molecule has 0 amide bonds. The van der Waals surface area contributed by atoms with Crippen molar-refractivity contribution >= 4 is 0 Å². The summed E-state index contributed by atoms with van der Waals surface area (Å²) >= 11 is 0. The molecule has 0 bridgehead atoms. The van der Waals surface area contributed by atoms with Gasteiger partial charge in [-0.3, -0.25) is 0 Å². The minimum absolute atomic E-state index is 0.0164. The maximum Gasteiger partial charge on any atom is 0.123 e. The Kier molecular flexibility index (Phi) is 3.88. The highest BCUT2D eigenvalue weighted by Gasteiger charge is 2.25. The van der Waals surface area contributed by atoms with Crippen LogP contribution in [0.5, 0.6) is 5.75 Å². The molecule has 3 rings (SSSR count). The molecule has 2 N–H and O–H groups in total. The van der Waals surface area contributed by atoms with Gasteiger partial charge in [-0.2, -0.15) is 0 Å². The molecule has 2 unspecified atom stereocenters. The van der Waals surface area contributed by atoms with Crippen molar-refractivity contribution in [3.05, 3.63) is 65.2 Å². The van der Waals surface area contributed by atoms with Crippen molar-refractivity contribution in [3.63, 3.8) is 0 Å². The average Bonchev–Trinajstić information content (AvgIpc) is 2.82. The van der Waals surface area contributed by atoms with Crippen LogP contribution < -0.4 is 10.5 Å². The molecule has 2 aromatic carbocycles. The zero-order valence-electron chi connectivity index (χ0n) is 11.6. The first kappa shape index (κ1) is 14.0. The first-order valence-electron chi connectivity index (χ1n) is 7.05. The second-order valence-electron chi connectivity index (χ2n) is 5.52. The lowest BCUT2D eigenvalue weighted by Crippen LogP contribution is -2.30. The average molecular weight is 289 g/mol. The van der Waals surface area contributed by atoms with Crippen molar-refractivity contribution in [2.75, 3.05) is 0 Å². The molecule has 0 radical (unpaired) electrons. The largest absolute Gasteiger partial charge is 0.490 e. The SMILES string of the molecule is NC(Cc1ccc(F)cc1)CC1Cc2cc(F)ccc2O1. The molecule has 1 heterocycles. The summed E-state index contributed by atoms with van der Waals surface area (Å²) in [4.78, 5) is 0. The first-order valence-corrected chi connectivity index (χ1v) is 7.05. The molecule has 0 fully saturated rings. The maximum atomic E-state index is 13.2. The number of rotatable bonds is 4. The second-order valence-corrected chi connectivity index (χ2v) is 5.52. The molecule has 21 heavy (non-hydrogen) atoms. The van der Waals surface area contributed by atoms with Gasteiger partial charge in [0.25, 0.3) is 0 Å². The van der Waals surface area contributed by atoms with Crippen LogP contribution in [0.1, 0.15) is 17.5 Å². The number of hydrogen-bond donors (Lipinski definition) is 1. The van der Waals surface area contributed by atoms with Gasteiger partial charge in [0.1, 0.15) is 23.5 Å². The fourth-order valence-corrected chi connectivity index (χ4v) is 2.76. The van der Waals surface area contributed by atoms with Crippen molar-refractivity contribution in [1.29, 1.82) is 0 Å². The minimum atomic E-state index is -0.246. The number of hydrogen-bond acceptors (Lipinski definition) is 2. The third-order valence-corrected chi connectivity index (χ3v) is 3.74. The summed E-state index contributed by atoms with van der Waals surface area (Å²) in [5.74, 6) is 0.257. The Hall–Kier alpha value is -1.94. The normalized spacial score (nSPS) is 18.1. The first-order chi connectivity index (χ1) is 10.1. The van der Waals surface area contributed by atoms with Crippen molar-refractivity contribution in [2.24, 2.45) is 5.73 Å². The number of halogens is 2. The van der Waals surface area contributed by atoms with Gasteiger partial charge in [0.05, 0.1) is 0 Å². The van der Waals surface area contributed by atoms with Crippen LogP contribution in [0.3, 0.4) is 0 Å². The van der Waals surface area contributed by atoms with Gasteiger partial charge in [0.15, 0.2) is 0 Å². The monoisotopic (exact) mass is 289 g/mol. The fourth-order valence-electron chi connectivity index (χ4n) is 2.76. The molecular weight excluding hydrogens is 272 g/mol. The van der Waals surface area contributed by atoms with Crippen molar-refractivity contribution in [3.8, 4) is 5.75 Å². The van der Waals surface area contributed by atoms with Gasteiger partial charge in [-0.1, -0.05) is 12.1 Å². The van der Waals surface area contributed by atoms with Crippen LogP contribution in [0, 0.1) is 11.6 Å². The predicted molar refractivity (Wildman–Crippen MR) is 77.2 cm³/mol. The predicted octanol–water partition coefficient (Wildman–Crippen LogP) is 3.23. The summed E-state index contributed by atoms with van der Waals surface area (Å²) < 4.78 is 31.8. The lowest BCUT2D eigenvalue weighted by atomic mass is 9.99. The Bertz CT molecular complexity index is 627. The molecule has 0 aromatic heterocycles. The van der Waals surface area contributed by atoms with Crippen molar-refractivity contribution < 1.29 is 13.5 Å². The van der Waals surface area contributed by atoms with E-state index in [9.17, 15) is 8.78 Å². The highest BCUT2D eigenvalue weighted by Crippen LogP contribution is 2.31. The molecular formula is C17H17F2NO. The summed E-state index contributed by atoms with van der Waals surface area (Å²) in [5, 5.41) is 0. The van der Waals surface area contributed by atoms with E-state index in [0.29, 0.717) is 19.3 Å². The summed E-state index contributed by atoms with van der Waals surface area (Å²) in [7, 11) is 0. The summed E-state index contributed by atoms with van der Waals surface area (Å²) in [6.07, 6.45) is 2.03. The Morgan fingerprint density at radius 2 is 1.81 bits per heavy atom. The quantitative estimate of drug-likeness (QED) is 0.938. The van der Waals surface area contributed by atoms with Crippen LogP contribution in [0.15, 0.2) is 42.5 Å². The Labute approximate surface area is 122 Å². The zero-order valence-corrected chi connectivity index (χ0v) is 11.6. The second kappa shape index (κ2) is 5.82. The van der Waals surface area contributed by atoms with E-state index in [1.54, 1.807) is 18.2 Å². The lowest BCUT2D eigenvalue weighted by molar-refractivity contribution is 0.210. The van der Waals surface area contributed by atoms with Crippen molar-refractivity contribution in [2.45, 2.75) is 31.4 Å². The molecule has 1 aliphatic rings. The molecule has 2 aromatic rings. The van der Waals surface area contributed by atoms with Gasteiger partial charge in [0, 0.05) is 24.4 Å². The van der Waals surface area contributed by atoms with E-state index in [1.807, 2.05) is 0 Å². The molecule has 2 nitrogen and oxygen atoms in total. The summed E-state index contributed by atoms with van der Waals surface area (Å²) in [5.41, 5.74) is 8.04. The number of ether oxygens (including phenoxy) is 1. The van der Waals surface area contributed by atoms with E-state index < -0.39 is 0 Å². The number of fused-ring (bicyclic) bond motifs is 1. The van der Waals surface area contributed by atoms with Crippen LogP contribution in [-0.4, -0.2) is 12.1 Å². The molecule has 2 atom stereocenters. The Morgan fingerprint density at radius 3 is 2.57 bits per heavy atom. The van der Waals surface area contributed by atoms with Crippen LogP contribution in [0.25, 0.3) is 0 Å². The van der Waals surface area contributed by atoms with Crippen LogP contribution in [-0.2, 0) is 12.8 Å². The van der Waals surface area contributed by atoms with Crippen LogP contribution >= 0.6 is 0 Å². The molecule has 110 valence electrons. The molecule has 0 saturated carbocycles. The lowest BCUT2D eigenvalue weighted by Gasteiger charge is -2.16. The van der Waals surface area contributed by atoms with Gasteiger partial charge in [-0.25, -0.2) is 8.78 Å². The van der Waals surface area contributed by atoms with Gasteiger partial charge in [0.2, 0.25) is 0 Å². The van der Waals surface area contributed by atoms with E-state index in [4.69, 9.17) is 10.5 Å². The molecule has 0 saturated heterocycles. The molecule has 0 aliphatic carbocycles. The van der Waals surface area contributed by atoms with E-state index in [-0.39, 0.29) is 23.8 Å². The zero-order chi connectivity index (χ0) is 14.8. The molecule has 4 heteroatoms. The third kappa shape index (κ3) is 3.39. The highest BCUT2D eigenvalue weighted by molar-refractivity contribution is 5.37. The van der Waals surface area contributed by atoms with E-state index >= 15 is 0 Å². The Morgan fingerprint density at radius 1 is 1.10 bits per heavy atom. The van der Waals surface area contributed by atoms with E-state index in [1.165, 1.54) is 24.3 Å². The molecule has 1 aliphatic heterocycles. The van der Waals surface area contributed by atoms with Crippen molar-refractivity contribution in [1.82, 2.24) is 0 Å². The van der Waals surface area contributed by atoms with Gasteiger partial charge >= 0.3 is 0 Å². The maximum absolute atomic E-state index is 13.2. The summed E-state index contributed by atoms with van der Waals surface area (Å²) in [6, 6.07) is 10.9. The minimum Gasteiger partial charge on any atom is -0.490 e. The topological polar surface area (TPSA) is 35.2 Å². The Balaban J connectivity index is 1.57. The van der Waals surface area contributed by atoms with Gasteiger partial charge < -0.3 is 10.5 Å². The van der Waals surface area contributed by atoms with Crippen LogP contribution in [0.4, 0.5) is 8.78 Å². The van der Waals surface area contributed by atoms with Gasteiger partial charge in [-0.05, 0) is 42.3 Å². The number of benzene rings is 2. The highest BCUT2D eigenvalue weighted by atomic mass is 19.1. The fraction of sp³-hybridized carbons (Fsp3) is 0.294. The smallest absolute Gasteiger partial charge is 0.123 e. The van der Waals surface area contributed by atoms with Gasteiger partial charge in [-0.15, -0.1) is 0 Å².